The van der Waals surface area contributed by atoms with Crippen LogP contribution in [0.1, 0.15) is 6.42 Å². The average molecular weight is 252 g/mol. The summed E-state index contributed by atoms with van der Waals surface area (Å²) in [4.78, 5) is 10.8. The van der Waals surface area contributed by atoms with Crippen LogP contribution < -0.4 is 0 Å². The first-order valence-corrected chi connectivity index (χ1v) is 5.26. The second-order valence-electron chi connectivity index (χ2n) is 3.00. The van der Waals surface area contributed by atoms with Gasteiger partial charge in [-0.05, 0) is 24.3 Å². The molecule has 1 aromatic rings. The van der Waals surface area contributed by atoms with E-state index in [-0.39, 0.29) is 19.6 Å². The Morgan fingerprint density at radius 3 is 2.76 bits per heavy atom. The highest BCUT2D eigenvalue weighted by molar-refractivity contribution is 6.30. The molecule has 88 valence electrons. The summed E-state index contributed by atoms with van der Waals surface area (Å²) in [7, 11) is 0. The summed E-state index contributed by atoms with van der Waals surface area (Å²) < 4.78 is 4.70. The number of carbonyl (C=O) groups excluding carboxylic acids is 1. The molecule has 0 aliphatic rings. The largest absolute Gasteiger partial charge is 0.463 e. The van der Waals surface area contributed by atoms with Crippen molar-refractivity contribution in [2.75, 3.05) is 13.2 Å². The van der Waals surface area contributed by atoms with Crippen LogP contribution in [0.2, 0.25) is 5.02 Å². The van der Waals surface area contributed by atoms with Crippen molar-refractivity contribution < 1.29 is 9.53 Å². The Bertz CT molecular complexity index is 437. The highest BCUT2D eigenvalue weighted by Crippen LogP contribution is 2.16. The number of hydrogen-bond acceptors (Lipinski definition) is 5. The lowest BCUT2D eigenvalue weighted by molar-refractivity contribution is -0.142. The van der Waals surface area contributed by atoms with Crippen molar-refractivity contribution in [3.8, 4) is 6.07 Å². The van der Waals surface area contributed by atoms with Crippen LogP contribution in [0.4, 0.5) is 5.69 Å². The number of carbonyl (C=O) groups is 1. The number of nitriles is 1. The molecule has 0 atom stereocenters. The van der Waals surface area contributed by atoms with E-state index in [1.165, 1.54) is 0 Å². The van der Waals surface area contributed by atoms with E-state index in [4.69, 9.17) is 21.6 Å². The number of azo groups is 1. The van der Waals surface area contributed by atoms with Crippen molar-refractivity contribution in [2.45, 2.75) is 6.42 Å². The van der Waals surface area contributed by atoms with E-state index in [0.29, 0.717) is 10.7 Å². The highest BCUT2D eigenvalue weighted by Gasteiger charge is 1.99. The molecule has 0 saturated carbocycles. The lowest BCUT2D eigenvalue weighted by Gasteiger charge is -1.97. The monoisotopic (exact) mass is 251 g/mol. The normalized spacial score (nSPS) is 10.1. The molecule has 1 rings (SSSR count). The minimum Gasteiger partial charge on any atom is -0.463 e. The molecule has 0 bridgehead atoms. The molecular formula is C11H10ClN3O2. The first kappa shape index (κ1) is 13.1. The third-order valence-electron chi connectivity index (χ3n) is 1.69. The van der Waals surface area contributed by atoms with Gasteiger partial charge in [-0.3, -0.25) is 4.79 Å². The molecule has 0 fully saturated rings. The average Bonchev–Trinajstić information content (AvgIpc) is 2.31. The standard InChI is InChI=1S/C11H10ClN3O2/c12-9-1-3-10(4-2-9)15-14-7-8-17-11(16)5-6-13/h1-4H,5,7-8H2. The molecule has 1 aromatic carbocycles. The molecule has 0 heterocycles. The maximum absolute atomic E-state index is 10.8. The fourth-order valence-corrected chi connectivity index (χ4v) is 1.08. The van der Waals surface area contributed by atoms with E-state index < -0.39 is 5.97 Å². The Kier molecular flexibility index (Phi) is 5.69. The molecule has 0 saturated heterocycles. The van der Waals surface area contributed by atoms with E-state index in [9.17, 15) is 4.79 Å². The molecule has 0 amide bonds. The second-order valence-corrected chi connectivity index (χ2v) is 3.43. The van der Waals surface area contributed by atoms with Crippen LogP contribution in [0.5, 0.6) is 0 Å². The van der Waals surface area contributed by atoms with Crippen molar-refractivity contribution in [1.29, 1.82) is 5.26 Å². The van der Waals surface area contributed by atoms with Crippen LogP contribution in [0.3, 0.4) is 0 Å². The number of benzene rings is 1. The smallest absolute Gasteiger partial charge is 0.320 e. The molecule has 6 heteroatoms. The Balaban J connectivity index is 2.25. The number of rotatable bonds is 5. The van der Waals surface area contributed by atoms with Gasteiger partial charge in [0.1, 0.15) is 13.0 Å². The zero-order chi connectivity index (χ0) is 12.5. The maximum Gasteiger partial charge on any atom is 0.320 e. The van der Waals surface area contributed by atoms with Crippen LogP contribution in [-0.2, 0) is 9.53 Å². The number of esters is 1. The van der Waals surface area contributed by atoms with Gasteiger partial charge < -0.3 is 4.74 Å². The van der Waals surface area contributed by atoms with Gasteiger partial charge in [-0.1, -0.05) is 11.6 Å². The van der Waals surface area contributed by atoms with Crippen molar-refractivity contribution in [3.05, 3.63) is 29.3 Å². The highest BCUT2D eigenvalue weighted by atomic mass is 35.5. The molecule has 0 aromatic heterocycles. The van der Waals surface area contributed by atoms with Crippen LogP contribution in [0.25, 0.3) is 0 Å². The van der Waals surface area contributed by atoms with Gasteiger partial charge in [0.15, 0.2) is 0 Å². The van der Waals surface area contributed by atoms with E-state index in [1.807, 2.05) is 0 Å². The van der Waals surface area contributed by atoms with E-state index in [2.05, 4.69) is 10.2 Å². The van der Waals surface area contributed by atoms with Crippen LogP contribution in [0, 0.1) is 11.3 Å². The number of hydrogen-bond donors (Lipinski definition) is 0. The predicted octanol–water partition coefficient (Wildman–Crippen LogP) is 2.88. The minimum absolute atomic E-state index is 0.123. The Hall–Kier alpha value is -1.93. The third-order valence-corrected chi connectivity index (χ3v) is 1.94. The first-order valence-electron chi connectivity index (χ1n) is 4.88. The van der Waals surface area contributed by atoms with Crippen LogP contribution in [-0.4, -0.2) is 19.1 Å². The quantitative estimate of drug-likeness (QED) is 0.459. The van der Waals surface area contributed by atoms with Crippen LogP contribution >= 0.6 is 11.6 Å². The van der Waals surface area contributed by atoms with Crippen molar-refractivity contribution in [2.24, 2.45) is 10.2 Å². The van der Waals surface area contributed by atoms with Crippen molar-refractivity contribution >= 4 is 23.3 Å². The summed E-state index contributed by atoms with van der Waals surface area (Å²) in [6.45, 7) is 0.386. The fraction of sp³-hybridized carbons (Fsp3) is 0.273. The molecule has 0 aliphatic heterocycles. The van der Waals surface area contributed by atoms with Crippen molar-refractivity contribution in [3.63, 3.8) is 0 Å². The van der Waals surface area contributed by atoms with Gasteiger partial charge in [-0.15, -0.1) is 0 Å². The number of nitrogens with zero attached hydrogens (tertiary/aromatic N) is 3. The molecule has 0 aliphatic carbocycles. The van der Waals surface area contributed by atoms with E-state index in [1.54, 1.807) is 30.3 Å². The van der Waals surface area contributed by atoms with Gasteiger partial charge in [0.25, 0.3) is 0 Å². The zero-order valence-electron chi connectivity index (χ0n) is 8.97. The van der Waals surface area contributed by atoms with Gasteiger partial charge in [0, 0.05) is 5.02 Å². The Morgan fingerprint density at radius 2 is 2.12 bits per heavy atom. The fourth-order valence-electron chi connectivity index (χ4n) is 0.955. The number of halogens is 1. The predicted molar refractivity (Wildman–Crippen MR) is 62.0 cm³/mol. The van der Waals surface area contributed by atoms with E-state index in [0.717, 1.165) is 0 Å². The second kappa shape index (κ2) is 7.36. The SMILES string of the molecule is N#CCC(=O)OCCN=Nc1ccc(Cl)cc1. The molecule has 0 spiro atoms. The lowest BCUT2D eigenvalue weighted by atomic mass is 10.3. The Morgan fingerprint density at radius 1 is 1.41 bits per heavy atom. The molecule has 0 radical (unpaired) electrons. The van der Waals surface area contributed by atoms with Gasteiger partial charge in [-0.2, -0.15) is 15.5 Å². The van der Waals surface area contributed by atoms with Crippen molar-refractivity contribution in [1.82, 2.24) is 0 Å². The molecule has 0 unspecified atom stereocenters. The van der Waals surface area contributed by atoms with Gasteiger partial charge in [0.05, 0.1) is 18.3 Å². The summed E-state index contributed by atoms with van der Waals surface area (Å²) in [6, 6.07) is 8.58. The molecule has 5 nitrogen and oxygen atoms in total. The lowest BCUT2D eigenvalue weighted by Crippen LogP contribution is -2.06. The van der Waals surface area contributed by atoms with Gasteiger partial charge in [-0.25, -0.2) is 0 Å². The molecule has 17 heavy (non-hydrogen) atoms. The topological polar surface area (TPSA) is 74.8 Å². The number of ether oxygens (including phenoxy) is 1. The summed E-state index contributed by atoms with van der Waals surface area (Å²) in [5.74, 6) is -0.547. The maximum atomic E-state index is 10.8. The van der Waals surface area contributed by atoms with Crippen LogP contribution in [0.15, 0.2) is 34.5 Å². The summed E-state index contributed by atoms with van der Waals surface area (Å²) in [5.41, 5.74) is 0.678. The zero-order valence-corrected chi connectivity index (χ0v) is 9.72. The summed E-state index contributed by atoms with van der Waals surface area (Å²) in [6.07, 6.45) is -0.242. The van der Waals surface area contributed by atoms with E-state index >= 15 is 0 Å². The Labute approximate surface area is 104 Å². The summed E-state index contributed by atoms with van der Waals surface area (Å²) >= 11 is 5.70. The third kappa shape index (κ3) is 5.64. The molecule has 0 N–H and O–H groups in total. The summed E-state index contributed by atoms with van der Waals surface area (Å²) in [5, 5.41) is 16.6. The van der Waals surface area contributed by atoms with Gasteiger partial charge >= 0.3 is 5.97 Å². The van der Waals surface area contributed by atoms with Gasteiger partial charge in [0.2, 0.25) is 0 Å². The minimum atomic E-state index is -0.547. The first-order chi connectivity index (χ1) is 8.22. The molecular weight excluding hydrogens is 242 g/mol.